The summed E-state index contributed by atoms with van der Waals surface area (Å²) in [6, 6.07) is 10.2. The van der Waals surface area contributed by atoms with Crippen molar-refractivity contribution in [3.05, 3.63) is 54.3 Å². The lowest BCUT2D eigenvalue weighted by atomic mass is 9.67. The molecule has 1 unspecified atom stereocenters. The lowest BCUT2D eigenvalue weighted by Crippen LogP contribution is -2.41. The molecule has 1 saturated heterocycles. The standard InChI is InChI=1S/C20H23BO3/c1-19(2)20(3,4)24-21(23-19)16-10-7-9-14(12-16)18-13-15-8-5-6-11-17(15)22-18/h5-11,13,16H,12H2,1-4H3. The first kappa shape index (κ1) is 15.7. The molecule has 0 N–H and O–H groups in total. The van der Waals surface area contributed by atoms with Crippen molar-refractivity contribution >= 4 is 23.7 Å². The van der Waals surface area contributed by atoms with E-state index in [2.05, 4.69) is 58.1 Å². The van der Waals surface area contributed by atoms with Gasteiger partial charge in [0.05, 0.1) is 11.2 Å². The van der Waals surface area contributed by atoms with Crippen molar-refractivity contribution in [2.75, 3.05) is 0 Å². The molecule has 1 atom stereocenters. The second-order valence-electron chi connectivity index (χ2n) is 7.72. The van der Waals surface area contributed by atoms with Gasteiger partial charge >= 0.3 is 7.12 Å². The van der Waals surface area contributed by atoms with Crippen molar-refractivity contribution in [2.24, 2.45) is 0 Å². The van der Waals surface area contributed by atoms with Crippen LogP contribution in [0.4, 0.5) is 0 Å². The summed E-state index contributed by atoms with van der Waals surface area (Å²) in [5, 5.41) is 1.13. The first-order valence-corrected chi connectivity index (χ1v) is 8.58. The summed E-state index contributed by atoms with van der Waals surface area (Å²) in [5.41, 5.74) is 1.52. The van der Waals surface area contributed by atoms with Crippen LogP contribution >= 0.6 is 0 Å². The van der Waals surface area contributed by atoms with E-state index in [0.29, 0.717) is 0 Å². The van der Waals surface area contributed by atoms with Crippen LogP contribution in [0.15, 0.2) is 53.0 Å². The number of allylic oxidation sites excluding steroid dienone is 4. The summed E-state index contributed by atoms with van der Waals surface area (Å²) in [6.45, 7) is 8.37. The van der Waals surface area contributed by atoms with Crippen LogP contribution in [0.3, 0.4) is 0 Å². The van der Waals surface area contributed by atoms with Crippen molar-refractivity contribution in [3.8, 4) is 0 Å². The van der Waals surface area contributed by atoms with E-state index in [1.165, 1.54) is 5.57 Å². The largest absolute Gasteiger partial charge is 0.465 e. The zero-order valence-electron chi connectivity index (χ0n) is 14.7. The smallest absolute Gasteiger partial charge is 0.456 e. The summed E-state index contributed by atoms with van der Waals surface area (Å²) < 4.78 is 18.4. The Hall–Kier alpha value is -1.78. The molecule has 1 aromatic heterocycles. The summed E-state index contributed by atoms with van der Waals surface area (Å²) in [4.78, 5) is 0. The van der Waals surface area contributed by atoms with Crippen molar-refractivity contribution in [3.63, 3.8) is 0 Å². The maximum absolute atomic E-state index is 6.22. The maximum Gasteiger partial charge on any atom is 0.465 e. The van der Waals surface area contributed by atoms with Gasteiger partial charge in [0.1, 0.15) is 11.3 Å². The molecule has 2 heterocycles. The third-order valence-corrected chi connectivity index (χ3v) is 5.47. The van der Waals surface area contributed by atoms with Crippen LogP contribution in [0.1, 0.15) is 39.9 Å². The quantitative estimate of drug-likeness (QED) is 0.709. The van der Waals surface area contributed by atoms with Crippen LogP contribution in [0, 0.1) is 0 Å². The van der Waals surface area contributed by atoms with Gasteiger partial charge in [-0.15, -0.1) is 0 Å². The van der Waals surface area contributed by atoms with Gasteiger partial charge in [-0.3, -0.25) is 0 Å². The normalized spacial score (nSPS) is 25.2. The Kier molecular flexibility index (Phi) is 3.52. The molecule has 1 aliphatic heterocycles. The topological polar surface area (TPSA) is 31.6 Å². The zero-order valence-corrected chi connectivity index (χ0v) is 14.7. The summed E-state index contributed by atoms with van der Waals surface area (Å²) in [6.07, 6.45) is 7.24. The Labute approximate surface area is 143 Å². The highest BCUT2D eigenvalue weighted by Gasteiger charge is 2.53. The van der Waals surface area contributed by atoms with Crippen LogP contribution in [-0.4, -0.2) is 18.3 Å². The minimum atomic E-state index is -0.299. The number of fused-ring (bicyclic) bond motifs is 1. The summed E-state index contributed by atoms with van der Waals surface area (Å²) in [7, 11) is -0.223. The van der Waals surface area contributed by atoms with E-state index in [0.717, 1.165) is 23.2 Å². The molecule has 3 nitrogen and oxygen atoms in total. The summed E-state index contributed by atoms with van der Waals surface area (Å²) in [5.74, 6) is 1.13. The van der Waals surface area contributed by atoms with Gasteiger partial charge in [0.15, 0.2) is 0 Å². The predicted octanol–water partition coefficient (Wildman–Crippen LogP) is 5.24. The number of para-hydroxylation sites is 1. The van der Waals surface area contributed by atoms with Crippen LogP contribution in [-0.2, 0) is 9.31 Å². The second kappa shape index (κ2) is 5.37. The molecule has 2 aliphatic rings. The number of benzene rings is 1. The molecule has 0 saturated carbocycles. The minimum absolute atomic E-state index is 0.194. The first-order chi connectivity index (χ1) is 11.4. The van der Waals surface area contributed by atoms with Gasteiger partial charge in [-0.1, -0.05) is 36.4 Å². The highest BCUT2D eigenvalue weighted by atomic mass is 16.7. The summed E-state index contributed by atoms with van der Waals surface area (Å²) >= 11 is 0. The van der Waals surface area contributed by atoms with E-state index < -0.39 is 0 Å². The van der Waals surface area contributed by atoms with E-state index in [1.807, 2.05) is 18.2 Å². The van der Waals surface area contributed by atoms with E-state index >= 15 is 0 Å². The average molecular weight is 322 g/mol. The molecule has 4 heteroatoms. The van der Waals surface area contributed by atoms with Gasteiger partial charge in [-0.05, 0) is 51.8 Å². The molecule has 24 heavy (non-hydrogen) atoms. The average Bonchev–Trinajstić information content (AvgIpc) is 3.06. The predicted molar refractivity (Wildman–Crippen MR) is 97.8 cm³/mol. The fraction of sp³-hybridized carbons (Fsp3) is 0.400. The molecule has 1 aliphatic carbocycles. The Balaban J connectivity index is 1.56. The van der Waals surface area contributed by atoms with Gasteiger partial charge in [-0.2, -0.15) is 0 Å². The van der Waals surface area contributed by atoms with E-state index in [1.54, 1.807) is 0 Å². The van der Waals surface area contributed by atoms with Crippen molar-refractivity contribution in [1.29, 1.82) is 0 Å². The molecule has 0 radical (unpaired) electrons. The minimum Gasteiger partial charge on any atom is -0.456 e. The van der Waals surface area contributed by atoms with Crippen molar-refractivity contribution in [2.45, 2.75) is 51.1 Å². The molecule has 2 aromatic rings. The monoisotopic (exact) mass is 322 g/mol. The third kappa shape index (κ3) is 2.54. The van der Waals surface area contributed by atoms with Gasteiger partial charge in [0, 0.05) is 11.2 Å². The molecule has 1 aromatic carbocycles. The van der Waals surface area contributed by atoms with Gasteiger partial charge < -0.3 is 13.7 Å². The number of hydrogen-bond acceptors (Lipinski definition) is 3. The van der Waals surface area contributed by atoms with Crippen molar-refractivity contribution in [1.82, 2.24) is 0 Å². The van der Waals surface area contributed by atoms with Crippen LogP contribution in [0.2, 0.25) is 5.82 Å². The highest BCUT2D eigenvalue weighted by Crippen LogP contribution is 2.44. The van der Waals surface area contributed by atoms with E-state index in [4.69, 9.17) is 13.7 Å². The third-order valence-electron chi connectivity index (χ3n) is 5.47. The Morgan fingerprint density at radius 3 is 2.46 bits per heavy atom. The lowest BCUT2D eigenvalue weighted by Gasteiger charge is -2.32. The van der Waals surface area contributed by atoms with Crippen LogP contribution in [0.25, 0.3) is 16.5 Å². The molecule has 0 spiro atoms. The first-order valence-electron chi connectivity index (χ1n) is 8.58. The van der Waals surface area contributed by atoms with E-state index in [-0.39, 0.29) is 24.1 Å². The molecule has 4 rings (SSSR count). The van der Waals surface area contributed by atoms with Crippen LogP contribution in [0.5, 0.6) is 0 Å². The molecular weight excluding hydrogens is 299 g/mol. The molecule has 124 valence electrons. The fourth-order valence-electron chi connectivity index (χ4n) is 3.28. The Bertz CT molecular complexity index is 779. The molecule has 1 fully saturated rings. The lowest BCUT2D eigenvalue weighted by molar-refractivity contribution is 0.00578. The molecule has 0 amide bonds. The fourth-order valence-corrected chi connectivity index (χ4v) is 3.28. The van der Waals surface area contributed by atoms with E-state index in [9.17, 15) is 0 Å². The number of rotatable bonds is 2. The SMILES string of the molecule is CC1(C)OB(C2C=CC=C(c3cc4ccccc4o3)C2)OC1(C)C. The molecular formula is C20H23BO3. The van der Waals surface area contributed by atoms with Crippen LogP contribution < -0.4 is 0 Å². The second-order valence-corrected chi connectivity index (χ2v) is 7.72. The maximum atomic E-state index is 6.22. The number of hydrogen-bond donors (Lipinski definition) is 0. The number of furan rings is 1. The zero-order chi connectivity index (χ0) is 16.9. The Morgan fingerprint density at radius 1 is 1.04 bits per heavy atom. The van der Waals surface area contributed by atoms with Gasteiger partial charge in [-0.25, -0.2) is 0 Å². The van der Waals surface area contributed by atoms with Crippen molar-refractivity contribution < 1.29 is 13.7 Å². The van der Waals surface area contributed by atoms with Gasteiger partial charge in [0.25, 0.3) is 0 Å². The Morgan fingerprint density at radius 2 is 1.75 bits per heavy atom. The highest BCUT2D eigenvalue weighted by molar-refractivity contribution is 6.48. The van der Waals surface area contributed by atoms with Gasteiger partial charge in [0.2, 0.25) is 0 Å². The molecule has 0 bridgehead atoms.